The minimum absolute atomic E-state index is 0.203. The molecule has 0 amide bonds. The molecule has 0 aliphatic carbocycles. The Bertz CT molecular complexity index is 549. The van der Waals surface area contributed by atoms with E-state index >= 15 is 0 Å². The summed E-state index contributed by atoms with van der Waals surface area (Å²) >= 11 is 0. The Morgan fingerprint density at radius 1 is 1.16 bits per heavy atom. The number of carbonyl (C=O) groups excluding carboxylic acids is 1. The molecule has 0 fully saturated rings. The highest BCUT2D eigenvalue weighted by Crippen LogP contribution is 2.15. The number of ketones is 1. The molecule has 0 bridgehead atoms. The third kappa shape index (κ3) is 3.34. The van der Waals surface area contributed by atoms with Crippen molar-refractivity contribution in [2.45, 2.75) is 39.7 Å². The zero-order valence-electron chi connectivity index (χ0n) is 11.9. The van der Waals surface area contributed by atoms with Gasteiger partial charge in [0.25, 0.3) is 0 Å². The van der Waals surface area contributed by atoms with E-state index < -0.39 is 0 Å². The quantitative estimate of drug-likeness (QED) is 0.732. The molecule has 2 rings (SSSR count). The summed E-state index contributed by atoms with van der Waals surface area (Å²) in [4.78, 5) is 11.6. The summed E-state index contributed by atoms with van der Waals surface area (Å²) in [6, 6.07) is 10.6. The second kappa shape index (κ2) is 5.87. The summed E-state index contributed by atoms with van der Waals surface area (Å²) in [6.07, 6.45) is 4.47. The van der Waals surface area contributed by atoms with Crippen LogP contribution in [0.5, 0.6) is 0 Å². The van der Waals surface area contributed by atoms with Crippen molar-refractivity contribution < 1.29 is 4.79 Å². The lowest BCUT2D eigenvalue weighted by Crippen LogP contribution is -1.98. The zero-order chi connectivity index (χ0) is 13.8. The number of Topliss-reactive ketones (excluding diaryl/α,β-unsaturated/α-hetero) is 1. The van der Waals surface area contributed by atoms with E-state index in [2.05, 4.69) is 42.7 Å². The van der Waals surface area contributed by atoms with Crippen molar-refractivity contribution >= 4 is 5.78 Å². The molecule has 0 atom stereocenters. The van der Waals surface area contributed by atoms with Crippen molar-refractivity contribution in [3.05, 3.63) is 59.4 Å². The number of aromatic nitrogens is 1. The smallest absolute Gasteiger partial charge is 0.164 e. The van der Waals surface area contributed by atoms with Crippen LogP contribution in [0.3, 0.4) is 0 Å². The van der Waals surface area contributed by atoms with Gasteiger partial charge in [0.1, 0.15) is 0 Å². The maximum absolute atomic E-state index is 11.6. The molecule has 0 aliphatic heterocycles. The Hall–Kier alpha value is -1.83. The predicted molar refractivity (Wildman–Crippen MR) is 78.7 cm³/mol. The lowest BCUT2D eigenvalue weighted by molar-refractivity contribution is 0.0988. The summed E-state index contributed by atoms with van der Waals surface area (Å²) in [5.74, 6) is 0.767. The Balaban J connectivity index is 2.08. The molecule has 19 heavy (non-hydrogen) atoms. The molecule has 1 heterocycles. The van der Waals surface area contributed by atoms with Crippen molar-refractivity contribution in [1.82, 2.24) is 4.57 Å². The first kappa shape index (κ1) is 13.6. The first-order valence-electron chi connectivity index (χ1n) is 6.88. The second-order valence-corrected chi connectivity index (χ2v) is 5.25. The number of nitrogens with zero attached hydrogens (tertiary/aromatic N) is 1. The minimum atomic E-state index is 0.203. The summed E-state index contributed by atoms with van der Waals surface area (Å²) in [5.41, 5.74) is 3.43. The molecule has 0 saturated heterocycles. The molecule has 0 aliphatic rings. The fourth-order valence-corrected chi connectivity index (χ4v) is 2.13. The van der Waals surface area contributed by atoms with Crippen LogP contribution in [-0.4, -0.2) is 10.4 Å². The van der Waals surface area contributed by atoms with E-state index in [0.717, 1.165) is 12.1 Å². The van der Waals surface area contributed by atoms with E-state index in [4.69, 9.17) is 0 Å². The molecule has 0 saturated carbocycles. The summed E-state index contributed by atoms with van der Waals surface area (Å²) in [7, 11) is 0. The first-order valence-corrected chi connectivity index (χ1v) is 6.88. The van der Waals surface area contributed by atoms with Crippen molar-refractivity contribution in [2.24, 2.45) is 0 Å². The normalized spacial score (nSPS) is 10.9. The van der Waals surface area contributed by atoms with Gasteiger partial charge in [-0.15, -0.1) is 0 Å². The van der Waals surface area contributed by atoms with E-state index in [1.54, 1.807) is 0 Å². The summed E-state index contributed by atoms with van der Waals surface area (Å²) in [5, 5.41) is 0. The van der Waals surface area contributed by atoms with Crippen LogP contribution in [0.1, 0.15) is 54.6 Å². The number of rotatable bonds is 5. The number of hydrogen-bond donors (Lipinski definition) is 0. The van der Waals surface area contributed by atoms with Gasteiger partial charge in [0, 0.05) is 30.9 Å². The predicted octanol–water partition coefficient (Wildman–Crippen LogP) is 4.25. The topological polar surface area (TPSA) is 22.0 Å². The average Bonchev–Trinajstić information content (AvgIpc) is 2.87. The molecule has 100 valence electrons. The number of benzene rings is 1. The fraction of sp³-hybridized carbons (Fsp3) is 0.353. The second-order valence-electron chi connectivity index (χ2n) is 5.25. The first-order chi connectivity index (χ1) is 9.10. The Morgan fingerprint density at radius 3 is 2.42 bits per heavy atom. The highest BCUT2D eigenvalue weighted by atomic mass is 16.1. The highest BCUT2D eigenvalue weighted by molar-refractivity contribution is 5.95. The molecule has 2 nitrogen and oxygen atoms in total. The maximum Gasteiger partial charge on any atom is 0.164 e. The van der Waals surface area contributed by atoms with Gasteiger partial charge in [-0.3, -0.25) is 4.79 Å². The van der Waals surface area contributed by atoms with Crippen LogP contribution < -0.4 is 0 Å². The standard InChI is InChI=1S/C17H21NO/c1-4-17(19)16-9-10-18(12-16)11-14-5-7-15(8-6-14)13(2)3/h5-10,12-13H,4,11H2,1-3H3. The number of hydrogen-bond acceptors (Lipinski definition) is 1. The SMILES string of the molecule is CCC(=O)c1ccn(Cc2ccc(C(C)C)cc2)c1. The fourth-order valence-electron chi connectivity index (χ4n) is 2.13. The van der Waals surface area contributed by atoms with E-state index in [9.17, 15) is 4.79 Å². The van der Waals surface area contributed by atoms with Crippen molar-refractivity contribution in [1.29, 1.82) is 0 Å². The Labute approximate surface area is 115 Å². The Kier molecular flexibility index (Phi) is 4.20. The van der Waals surface area contributed by atoms with Gasteiger partial charge in [0.05, 0.1) is 0 Å². The molecular formula is C17H21NO. The average molecular weight is 255 g/mol. The van der Waals surface area contributed by atoms with Crippen molar-refractivity contribution in [3.63, 3.8) is 0 Å². The molecule has 0 radical (unpaired) electrons. The van der Waals surface area contributed by atoms with E-state index in [1.165, 1.54) is 11.1 Å². The van der Waals surface area contributed by atoms with Crippen LogP contribution in [0.25, 0.3) is 0 Å². The van der Waals surface area contributed by atoms with E-state index in [-0.39, 0.29) is 5.78 Å². The summed E-state index contributed by atoms with van der Waals surface area (Å²) in [6.45, 7) is 7.10. The molecule has 2 heteroatoms. The van der Waals surface area contributed by atoms with Crippen LogP contribution in [0.15, 0.2) is 42.7 Å². The van der Waals surface area contributed by atoms with E-state index in [1.807, 2.05) is 25.4 Å². The van der Waals surface area contributed by atoms with Crippen LogP contribution in [0, 0.1) is 0 Å². The van der Waals surface area contributed by atoms with E-state index in [0.29, 0.717) is 12.3 Å². The van der Waals surface area contributed by atoms with Crippen LogP contribution in [0.2, 0.25) is 0 Å². The largest absolute Gasteiger partial charge is 0.349 e. The van der Waals surface area contributed by atoms with Gasteiger partial charge in [-0.05, 0) is 23.1 Å². The van der Waals surface area contributed by atoms with Gasteiger partial charge in [-0.2, -0.15) is 0 Å². The molecule has 2 aromatic rings. The molecule has 0 spiro atoms. The third-order valence-electron chi connectivity index (χ3n) is 3.41. The molecule has 1 aromatic heterocycles. The van der Waals surface area contributed by atoms with Crippen LogP contribution >= 0.6 is 0 Å². The van der Waals surface area contributed by atoms with Gasteiger partial charge in [-0.1, -0.05) is 45.0 Å². The molecule has 0 N–H and O–H groups in total. The van der Waals surface area contributed by atoms with Crippen molar-refractivity contribution in [3.8, 4) is 0 Å². The van der Waals surface area contributed by atoms with Gasteiger partial charge >= 0.3 is 0 Å². The lowest BCUT2D eigenvalue weighted by Gasteiger charge is -2.07. The maximum atomic E-state index is 11.6. The third-order valence-corrected chi connectivity index (χ3v) is 3.41. The van der Waals surface area contributed by atoms with Crippen LogP contribution in [0.4, 0.5) is 0 Å². The van der Waals surface area contributed by atoms with Gasteiger partial charge in [0.15, 0.2) is 5.78 Å². The van der Waals surface area contributed by atoms with Gasteiger partial charge in [0.2, 0.25) is 0 Å². The van der Waals surface area contributed by atoms with Gasteiger partial charge < -0.3 is 4.57 Å². The highest BCUT2D eigenvalue weighted by Gasteiger charge is 2.05. The van der Waals surface area contributed by atoms with Gasteiger partial charge in [-0.25, -0.2) is 0 Å². The lowest BCUT2D eigenvalue weighted by atomic mass is 10.0. The monoisotopic (exact) mass is 255 g/mol. The summed E-state index contributed by atoms with van der Waals surface area (Å²) < 4.78 is 2.06. The zero-order valence-corrected chi connectivity index (χ0v) is 11.9. The van der Waals surface area contributed by atoms with Crippen molar-refractivity contribution in [2.75, 3.05) is 0 Å². The molecule has 1 aromatic carbocycles. The van der Waals surface area contributed by atoms with Crippen LogP contribution in [-0.2, 0) is 6.54 Å². The number of carbonyl (C=O) groups is 1. The Morgan fingerprint density at radius 2 is 1.84 bits per heavy atom. The minimum Gasteiger partial charge on any atom is -0.349 e. The molecule has 0 unspecified atom stereocenters. The molecular weight excluding hydrogens is 234 g/mol.